The summed E-state index contributed by atoms with van der Waals surface area (Å²) in [5, 5.41) is 0.0651. The lowest BCUT2D eigenvalue weighted by Gasteiger charge is -2.11. The minimum absolute atomic E-state index is 0. The predicted molar refractivity (Wildman–Crippen MR) is 62.6 cm³/mol. The van der Waals surface area contributed by atoms with Crippen LogP contribution >= 0.6 is 24.0 Å². The van der Waals surface area contributed by atoms with E-state index in [4.69, 9.17) is 22.1 Å². The number of methoxy groups -OCH3 is 1. The Kier molecular flexibility index (Phi) is 5.95. The molecule has 0 heterocycles. The van der Waals surface area contributed by atoms with Crippen molar-refractivity contribution in [1.82, 2.24) is 0 Å². The molecule has 1 aromatic rings. The third kappa shape index (κ3) is 3.86. The fraction of sp³-hybridized carbons (Fsp3) is 0.400. The van der Waals surface area contributed by atoms with Crippen LogP contribution in [-0.2, 0) is 6.42 Å². The second-order valence-electron chi connectivity index (χ2n) is 3.26. The number of hydrogen-bond acceptors (Lipinski definition) is 2. The van der Waals surface area contributed by atoms with E-state index in [2.05, 4.69) is 0 Å². The first kappa shape index (κ1) is 14.5. The molecule has 0 amide bonds. The summed E-state index contributed by atoms with van der Waals surface area (Å²) < 4.78 is 18.2. The minimum Gasteiger partial charge on any atom is -0.496 e. The van der Waals surface area contributed by atoms with Crippen molar-refractivity contribution in [2.24, 2.45) is 5.73 Å². The number of halogens is 3. The van der Waals surface area contributed by atoms with E-state index in [1.165, 1.54) is 19.2 Å². The van der Waals surface area contributed by atoms with Gasteiger partial charge < -0.3 is 10.5 Å². The van der Waals surface area contributed by atoms with E-state index in [0.717, 1.165) is 5.56 Å². The van der Waals surface area contributed by atoms with Crippen molar-refractivity contribution in [2.45, 2.75) is 19.4 Å². The topological polar surface area (TPSA) is 35.2 Å². The van der Waals surface area contributed by atoms with Crippen LogP contribution in [0.5, 0.6) is 5.75 Å². The summed E-state index contributed by atoms with van der Waals surface area (Å²) in [7, 11) is 1.52. The Morgan fingerprint density at radius 1 is 1.53 bits per heavy atom. The molecule has 1 rings (SSSR count). The largest absolute Gasteiger partial charge is 0.496 e. The number of benzene rings is 1. The third-order valence-corrected chi connectivity index (χ3v) is 2.15. The molecule has 0 bridgehead atoms. The van der Waals surface area contributed by atoms with Gasteiger partial charge in [0.2, 0.25) is 0 Å². The van der Waals surface area contributed by atoms with Gasteiger partial charge in [-0.05, 0) is 25.0 Å². The van der Waals surface area contributed by atoms with Crippen LogP contribution < -0.4 is 10.5 Å². The zero-order chi connectivity index (χ0) is 10.7. The van der Waals surface area contributed by atoms with Crippen molar-refractivity contribution < 1.29 is 9.13 Å². The molecule has 0 radical (unpaired) electrons. The van der Waals surface area contributed by atoms with Crippen molar-refractivity contribution in [1.29, 1.82) is 0 Å². The number of hydrogen-bond donors (Lipinski definition) is 1. The maximum atomic E-state index is 13.1. The van der Waals surface area contributed by atoms with E-state index < -0.39 is 5.82 Å². The smallest absolute Gasteiger partial charge is 0.142 e. The summed E-state index contributed by atoms with van der Waals surface area (Å²) in [6.07, 6.45) is 0.567. The molecule has 0 aliphatic carbocycles. The summed E-state index contributed by atoms with van der Waals surface area (Å²) in [5.74, 6) is 0.136. The Balaban J connectivity index is 0.00000196. The summed E-state index contributed by atoms with van der Waals surface area (Å²) in [5.41, 5.74) is 6.37. The van der Waals surface area contributed by atoms with Crippen molar-refractivity contribution in [3.05, 3.63) is 28.5 Å². The number of rotatable bonds is 3. The van der Waals surface area contributed by atoms with Gasteiger partial charge in [0.05, 0.1) is 12.1 Å². The molecule has 5 heteroatoms. The minimum atomic E-state index is -0.442. The first-order valence-electron chi connectivity index (χ1n) is 4.32. The first-order valence-corrected chi connectivity index (χ1v) is 4.70. The number of nitrogens with two attached hydrogens (primary N) is 1. The maximum Gasteiger partial charge on any atom is 0.142 e. The van der Waals surface area contributed by atoms with Gasteiger partial charge in [-0.3, -0.25) is 0 Å². The summed E-state index contributed by atoms with van der Waals surface area (Å²) in [4.78, 5) is 0. The molecule has 0 aliphatic heterocycles. The first-order chi connectivity index (χ1) is 6.54. The Labute approximate surface area is 100.0 Å². The van der Waals surface area contributed by atoms with Crippen LogP contribution in [0.25, 0.3) is 0 Å². The summed E-state index contributed by atoms with van der Waals surface area (Å²) >= 11 is 5.61. The van der Waals surface area contributed by atoms with Crippen LogP contribution in [0, 0.1) is 5.82 Å². The van der Waals surface area contributed by atoms with Gasteiger partial charge in [0.25, 0.3) is 0 Å². The molecule has 0 saturated heterocycles. The molecule has 0 aliphatic rings. The molecular formula is C10H14Cl2FNO. The van der Waals surface area contributed by atoms with E-state index in [-0.39, 0.29) is 23.5 Å². The normalized spacial score (nSPS) is 11.8. The summed E-state index contributed by atoms with van der Waals surface area (Å²) in [6, 6.07) is 2.79. The molecule has 15 heavy (non-hydrogen) atoms. The molecule has 0 aromatic heterocycles. The highest BCUT2D eigenvalue weighted by molar-refractivity contribution is 6.30. The average molecular weight is 254 g/mol. The molecule has 2 nitrogen and oxygen atoms in total. The lowest BCUT2D eigenvalue weighted by atomic mass is 10.1. The van der Waals surface area contributed by atoms with E-state index in [0.29, 0.717) is 12.2 Å². The van der Waals surface area contributed by atoms with E-state index in [9.17, 15) is 4.39 Å². The molecule has 86 valence electrons. The molecule has 1 unspecified atom stereocenters. The monoisotopic (exact) mass is 253 g/mol. The molecule has 1 atom stereocenters. The fourth-order valence-corrected chi connectivity index (χ4v) is 1.42. The van der Waals surface area contributed by atoms with Gasteiger partial charge in [-0.25, -0.2) is 4.39 Å². The second-order valence-corrected chi connectivity index (χ2v) is 3.67. The molecule has 0 fully saturated rings. The van der Waals surface area contributed by atoms with E-state index >= 15 is 0 Å². The Morgan fingerprint density at radius 3 is 2.60 bits per heavy atom. The van der Waals surface area contributed by atoms with Gasteiger partial charge in [0, 0.05) is 12.1 Å². The van der Waals surface area contributed by atoms with Crippen molar-refractivity contribution >= 4 is 24.0 Å². The Bertz CT molecular complexity index is 331. The second kappa shape index (κ2) is 6.16. The van der Waals surface area contributed by atoms with Crippen LogP contribution in [-0.4, -0.2) is 13.2 Å². The highest BCUT2D eigenvalue weighted by Crippen LogP contribution is 2.26. The van der Waals surface area contributed by atoms with Crippen LogP contribution in [0.4, 0.5) is 4.39 Å². The van der Waals surface area contributed by atoms with Gasteiger partial charge >= 0.3 is 0 Å². The van der Waals surface area contributed by atoms with E-state index in [1.807, 2.05) is 6.92 Å². The van der Waals surface area contributed by atoms with Crippen LogP contribution in [0.15, 0.2) is 12.1 Å². The van der Waals surface area contributed by atoms with Crippen LogP contribution in [0.2, 0.25) is 5.02 Å². The van der Waals surface area contributed by atoms with Gasteiger partial charge in [0.1, 0.15) is 11.6 Å². The highest BCUT2D eigenvalue weighted by atomic mass is 35.5. The van der Waals surface area contributed by atoms with E-state index in [1.54, 1.807) is 0 Å². The van der Waals surface area contributed by atoms with Gasteiger partial charge in [-0.2, -0.15) is 0 Å². The molecule has 0 saturated carbocycles. The third-order valence-electron chi connectivity index (χ3n) is 1.87. The lowest BCUT2D eigenvalue weighted by molar-refractivity contribution is 0.407. The molecule has 2 N–H and O–H groups in total. The SMILES string of the molecule is COc1cc(Cl)c(F)cc1CC(C)N.Cl. The van der Waals surface area contributed by atoms with Gasteiger partial charge in [-0.15, -0.1) is 12.4 Å². The van der Waals surface area contributed by atoms with Crippen LogP contribution in [0.1, 0.15) is 12.5 Å². The molecular weight excluding hydrogens is 240 g/mol. The predicted octanol–water partition coefficient (Wildman–Crippen LogP) is 2.80. The molecule has 1 aromatic carbocycles. The molecule has 0 spiro atoms. The van der Waals surface area contributed by atoms with Crippen molar-refractivity contribution in [2.75, 3.05) is 7.11 Å². The highest BCUT2D eigenvalue weighted by Gasteiger charge is 2.10. The van der Waals surface area contributed by atoms with Gasteiger partial charge in [0.15, 0.2) is 0 Å². The quantitative estimate of drug-likeness (QED) is 0.900. The zero-order valence-electron chi connectivity index (χ0n) is 8.59. The maximum absolute atomic E-state index is 13.1. The average Bonchev–Trinajstić information content (AvgIpc) is 2.10. The van der Waals surface area contributed by atoms with Crippen molar-refractivity contribution in [3.8, 4) is 5.75 Å². The Morgan fingerprint density at radius 2 is 2.13 bits per heavy atom. The lowest BCUT2D eigenvalue weighted by Crippen LogP contribution is -2.18. The number of ether oxygens (including phenoxy) is 1. The van der Waals surface area contributed by atoms with Gasteiger partial charge in [-0.1, -0.05) is 11.6 Å². The summed E-state index contributed by atoms with van der Waals surface area (Å²) in [6.45, 7) is 1.85. The zero-order valence-corrected chi connectivity index (χ0v) is 10.2. The van der Waals surface area contributed by atoms with Crippen LogP contribution in [0.3, 0.4) is 0 Å². The standard InChI is InChI=1S/C10H13ClFNO.ClH/c1-6(13)3-7-4-9(12)8(11)5-10(7)14-2;/h4-6H,3,13H2,1-2H3;1H. The fourth-order valence-electron chi connectivity index (χ4n) is 1.27. The van der Waals surface area contributed by atoms with Crippen molar-refractivity contribution in [3.63, 3.8) is 0 Å². The Hall–Kier alpha value is -0.510.